The van der Waals surface area contributed by atoms with Crippen LogP contribution in [-0.2, 0) is 30.0 Å². The third-order valence-electron chi connectivity index (χ3n) is 4.96. The van der Waals surface area contributed by atoms with Crippen LogP contribution in [0.15, 0.2) is 75.8 Å². The van der Waals surface area contributed by atoms with Crippen LogP contribution in [0.4, 0.5) is 0 Å². The molecule has 0 aliphatic rings. The van der Waals surface area contributed by atoms with Crippen LogP contribution in [0, 0.1) is 0 Å². The van der Waals surface area contributed by atoms with E-state index < -0.39 is 27.8 Å². The summed E-state index contributed by atoms with van der Waals surface area (Å²) in [5.74, 6) is -0.888. The molecule has 5 nitrogen and oxygen atoms in total. The zero-order chi connectivity index (χ0) is 24.9. The Labute approximate surface area is 256 Å². The Morgan fingerprint density at radius 3 is 1.36 bits per heavy atom. The zero-order valence-electron chi connectivity index (χ0n) is 18.2. The molecule has 0 atom stereocenters. The largest absolute Gasteiger partial charge is 0.870 e. The Morgan fingerprint density at radius 1 is 0.639 bits per heavy atom. The van der Waals surface area contributed by atoms with Crippen LogP contribution < -0.4 is 0 Å². The van der Waals surface area contributed by atoms with Gasteiger partial charge in [0.1, 0.15) is 0 Å². The fraction of sp³-hybridized carbons (Fsp3) is 0.0833. The van der Waals surface area contributed by atoms with E-state index in [1.54, 1.807) is 0 Å². The van der Waals surface area contributed by atoms with Gasteiger partial charge in [0.2, 0.25) is 0 Å². The molecule has 0 fully saturated rings. The number of carbonyl (C=O) groups excluding carboxylic acids is 2. The second-order valence-corrected chi connectivity index (χ2v) is 15.1. The number of carbonyl (C=O) groups is 2. The molecule has 0 bridgehead atoms. The van der Waals surface area contributed by atoms with Crippen molar-refractivity contribution in [1.82, 2.24) is 0 Å². The van der Waals surface area contributed by atoms with E-state index in [4.69, 9.17) is 7.58 Å². The summed E-state index contributed by atoms with van der Waals surface area (Å²) in [5, 5.41) is 0. The Hall–Kier alpha value is -0.808. The Morgan fingerprint density at radius 2 is 1.00 bits per heavy atom. The molecular formula is C24H15AlBr4O5S2. The molecule has 2 heterocycles. The van der Waals surface area contributed by atoms with Crippen molar-refractivity contribution in [1.29, 1.82) is 0 Å². The molecule has 36 heavy (non-hydrogen) atoms. The van der Waals surface area contributed by atoms with Gasteiger partial charge in [0, 0.05) is 0 Å². The summed E-state index contributed by atoms with van der Waals surface area (Å²) in [6.45, 7) is 0. The topological polar surface area (TPSA) is 82.6 Å². The quantitative estimate of drug-likeness (QED) is 0.168. The zero-order valence-corrected chi connectivity index (χ0v) is 27.3. The summed E-state index contributed by atoms with van der Waals surface area (Å²) < 4.78 is 14.2. The molecule has 184 valence electrons. The minimum Gasteiger partial charge on any atom is -0.870 e. The molecule has 4 aromatic rings. The molecule has 0 aliphatic heterocycles. The average Bonchev–Trinajstić information content (AvgIpc) is 3.27. The number of hydrogen-bond donors (Lipinski definition) is 0. The van der Waals surface area contributed by atoms with Crippen molar-refractivity contribution >= 4 is 114 Å². The van der Waals surface area contributed by atoms with Gasteiger partial charge in [0.15, 0.2) is 0 Å². The van der Waals surface area contributed by atoms with Crippen LogP contribution in [0.2, 0.25) is 0 Å². The molecule has 0 spiro atoms. The van der Waals surface area contributed by atoms with E-state index in [1.165, 1.54) is 22.7 Å². The minimum atomic E-state index is -1.27. The van der Waals surface area contributed by atoms with E-state index in [1.807, 2.05) is 60.7 Å². The molecule has 4 rings (SSSR count). The smallest absolute Gasteiger partial charge is 0.870 e. The van der Waals surface area contributed by atoms with Crippen molar-refractivity contribution in [3.63, 3.8) is 0 Å². The molecule has 2 aromatic heterocycles. The maximum atomic E-state index is 12.6. The van der Waals surface area contributed by atoms with Crippen molar-refractivity contribution in [2.24, 2.45) is 0 Å². The first-order valence-electron chi connectivity index (χ1n) is 10.1. The molecule has 0 aliphatic carbocycles. The number of halogens is 4. The standard InChI is InChI=1S/2C12H8Br2O2S.Al.H2O/c2*13-11-8(6-9(15)16)10(12(14)17-11)7-4-2-1-3-5-7;;/h2*1-5H,6H2,(H,15,16);;1H2/q;;+3;/p-3. The predicted molar refractivity (Wildman–Crippen MR) is 158 cm³/mol. The van der Waals surface area contributed by atoms with Gasteiger partial charge in [0.05, 0.1) is 0 Å². The van der Waals surface area contributed by atoms with Gasteiger partial charge in [-0.3, -0.25) is 0 Å². The average molecular weight is 794 g/mol. The van der Waals surface area contributed by atoms with Crippen molar-refractivity contribution in [3.05, 3.63) is 86.9 Å². The van der Waals surface area contributed by atoms with Crippen LogP contribution in [0.5, 0.6) is 0 Å². The van der Waals surface area contributed by atoms with Gasteiger partial charge in [-0.05, 0) is 0 Å². The first-order valence-corrected chi connectivity index (χ1v) is 15.8. The minimum absolute atomic E-state index is 0. The summed E-state index contributed by atoms with van der Waals surface area (Å²) in [7, 11) is 0. The third kappa shape index (κ3) is 7.19. The van der Waals surface area contributed by atoms with E-state index in [-0.39, 0.29) is 18.3 Å². The van der Waals surface area contributed by atoms with Gasteiger partial charge in [-0.2, -0.15) is 0 Å². The van der Waals surface area contributed by atoms with Gasteiger partial charge < -0.3 is 5.48 Å². The van der Waals surface area contributed by atoms with Gasteiger partial charge in [-0.15, -0.1) is 0 Å². The van der Waals surface area contributed by atoms with Crippen LogP contribution in [-0.4, -0.2) is 33.3 Å². The van der Waals surface area contributed by atoms with Crippen molar-refractivity contribution < 1.29 is 22.6 Å². The molecule has 2 aromatic carbocycles. The van der Waals surface area contributed by atoms with Gasteiger partial charge in [-0.25, -0.2) is 0 Å². The van der Waals surface area contributed by atoms with Crippen LogP contribution in [0.3, 0.4) is 0 Å². The van der Waals surface area contributed by atoms with Crippen LogP contribution >= 0.6 is 86.4 Å². The summed E-state index contributed by atoms with van der Waals surface area (Å²) in [4.78, 5) is 25.1. The first kappa shape index (κ1) is 29.7. The fourth-order valence-electron chi connectivity index (χ4n) is 3.42. The molecule has 0 saturated heterocycles. The summed E-state index contributed by atoms with van der Waals surface area (Å²) >= 11 is 16.0. The van der Waals surface area contributed by atoms with Gasteiger partial charge in [-0.1, -0.05) is 0 Å². The molecule has 0 radical (unpaired) electrons. The Bertz CT molecular complexity index is 1260. The maximum absolute atomic E-state index is 12.6. The first-order chi connectivity index (χ1) is 16.8. The molecule has 0 saturated carbocycles. The van der Waals surface area contributed by atoms with Crippen molar-refractivity contribution in [3.8, 4) is 22.3 Å². The van der Waals surface area contributed by atoms with Crippen LogP contribution in [0.25, 0.3) is 22.3 Å². The van der Waals surface area contributed by atoms with Crippen molar-refractivity contribution in [2.45, 2.75) is 12.8 Å². The molecule has 1 N–H and O–H groups in total. The van der Waals surface area contributed by atoms with Crippen molar-refractivity contribution in [2.75, 3.05) is 0 Å². The molecule has 12 heteroatoms. The predicted octanol–water partition coefficient (Wildman–Crippen LogP) is 8.42. The Kier molecular flexibility index (Phi) is 11.4. The second kappa shape index (κ2) is 13.8. The third-order valence-corrected chi connectivity index (χ3v) is 11.0. The normalized spacial score (nSPS) is 10.3. The van der Waals surface area contributed by atoms with Gasteiger partial charge in [0.25, 0.3) is 0 Å². The monoisotopic (exact) mass is 790 g/mol. The second-order valence-electron chi connectivity index (χ2n) is 7.17. The van der Waals surface area contributed by atoms with E-state index in [0.717, 1.165) is 48.5 Å². The summed E-state index contributed by atoms with van der Waals surface area (Å²) in [6, 6.07) is 19.7. The van der Waals surface area contributed by atoms with E-state index in [2.05, 4.69) is 63.7 Å². The van der Waals surface area contributed by atoms with Gasteiger partial charge >= 0.3 is 253 Å². The maximum Gasteiger partial charge on any atom is -0.870 e. The number of hydrogen-bond acceptors (Lipinski definition) is 7. The van der Waals surface area contributed by atoms with Crippen LogP contribution in [0.1, 0.15) is 11.1 Å². The number of benzene rings is 2. The summed E-state index contributed by atoms with van der Waals surface area (Å²) in [5.41, 5.74) is 5.58. The summed E-state index contributed by atoms with van der Waals surface area (Å²) in [6.07, 6.45) is 0.136. The fourth-order valence-corrected chi connectivity index (χ4v) is 10.3. The number of thiophene rings is 2. The van der Waals surface area contributed by atoms with E-state index >= 15 is 0 Å². The van der Waals surface area contributed by atoms with E-state index in [9.17, 15) is 9.59 Å². The Balaban J connectivity index is 0.00000361. The van der Waals surface area contributed by atoms with E-state index in [0.29, 0.717) is 0 Å². The number of rotatable bonds is 8. The SMILES string of the molecule is O=C(Cc1c(Br)sc(Br)c1-c1ccccc1)[O][Al+][O]C(=O)Cc1c(Br)sc(Br)c1-c1ccccc1.[OH-]. The molecule has 0 amide bonds. The molecule has 0 unspecified atom stereocenters. The molecular weight excluding hydrogens is 779 g/mol.